The molecule has 182 valence electrons. The zero-order valence-corrected chi connectivity index (χ0v) is 21.8. The molecule has 0 saturated carbocycles. The third kappa shape index (κ3) is 3.08. The normalized spacial score (nSPS) is 12.7. The second kappa shape index (κ2) is 7.52. The fourth-order valence-electron chi connectivity index (χ4n) is 6.35. The van der Waals surface area contributed by atoms with Crippen molar-refractivity contribution in [2.75, 3.05) is 0 Å². The summed E-state index contributed by atoms with van der Waals surface area (Å²) in [5.74, 6) is 0. The van der Waals surface area contributed by atoms with Crippen LogP contribution in [-0.2, 0) is 6.42 Å². The van der Waals surface area contributed by atoms with Crippen LogP contribution < -0.4 is 0 Å². The van der Waals surface area contributed by atoms with E-state index in [2.05, 4.69) is 121 Å². The lowest BCUT2D eigenvalue weighted by Gasteiger charge is -2.18. The number of aromatic nitrogens is 3. The van der Waals surface area contributed by atoms with Gasteiger partial charge in [0.25, 0.3) is 0 Å². The molecule has 0 aliphatic heterocycles. The maximum absolute atomic E-state index is 4.86. The van der Waals surface area contributed by atoms with E-state index in [4.69, 9.17) is 4.98 Å². The molecule has 0 bridgehead atoms. The monoisotopic (exact) mass is 489 g/mol. The van der Waals surface area contributed by atoms with Crippen molar-refractivity contribution in [3.63, 3.8) is 0 Å². The zero-order valence-electron chi connectivity index (χ0n) is 21.8. The number of benzene rings is 5. The minimum atomic E-state index is 0.244. The molecule has 8 rings (SSSR count). The van der Waals surface area contributed by atoms with Gasteiger partial charge in [-0.3, -0.25) is 0 Å². The van der Waals surface area contributed by atoms with Crippen molar-refractivity contribution in [2.24, 2.45) is 5.41 Å². The van der Waals surface area contributed by atoms with E-state index in [1.54, 1.807) is 6.33 Å². The Bertz CT molecular complexity index is 2180. The van der Waals surface area contributed by atoms with Gasteiger partial charge in [-0.25, -0.2) is 9.97 Å². The Kier molecular flexibility index (Phi) is 4.27. The van der Waals surface area contributed by atoms with E-state index in [0.717, 1.165) is 22.8 Å². The van der Waals surface area contributed by atoms with Crippen molar-refractivity contribution in [1.82, 2.24) is 14.4 Å². The Morgan fingerprint density at radius 3 is 2.37 bits per heavy atom. The van der Waals surface area contributed by atoms with E-state index in [1.165, 1.54) is 60.2 Å². The third-order valence-electron chi connectivity index (χ3n) is 7.88. The molecule has 3 heteroatoms. The van der Waals surface area contributed by atoms with Crippen LogP contribution in [0.4, 0.5) is 0 Å². The highest BCUT2D eigenvalue weighted by Gasteiger charge is 2.20. The van der Waals surface area contributed by atoms with Crippen molar-refractivity contribution >= 4 is 59.9 Å². The molecule has 0 N–H and O–H groups in total. The van der Waals surface area contributed by atoms with Crippen molar-refractivity contribution in [3.05, 3.63) is 103 Å². The third-order valence-corrected chi connectivity index (χ3v) is 7.88. The Balaban J connectivity index is 1.52. The first-order valence-corrected chi connectivity index (χ1v) is 13.3. The Morgan fingerprint density at radius 1 is 0.658 bits per heavy atom. The predicted molar refractivity (Wildman–Crippen MR) is 160 cm³/mol. The van der Waals surface area contributed by atoms with E-state index >= 15 is 0 Å². The first-order valence-electron chi connectivity index (χ1n) is 13.3. The van der Waals surface area contributed by atoms with Gasteiger partial charge < -0.3 is 4.40 Å². The van der Waals surface area contributed by atoms with Gasteiger partial charge in [-0.15, -0.1) is 0 Å². The van der Waals surface area contributed by atoms with Crippen LogP contribution in [0.1, 0.15) is 26.3 Å². The van der Waals surface area contributed by atoms with E-state index in [1.807, 2.05) is 0 Å². The molecule has 5 aromatic carbocycles. The molecule has 3 heterocycles. The van der Waals surface area contributed by atoms with Gasteiger partial charge >= 0.3 is 0 Å². The maximum atomic E-state index is 4.86. The Hall–Kier alpha value is -4.50. The Morgan fingerprint density at radius 2 is 1.53 bits per heavy atom. The summed E-state index contributed by atoms with van der Waals surface area (Å²) >= 11 is 0. The van der Waals surface area contributed by atoms with E-state index in [9.17, 15) is 0 Å². The molecule has 0 radical (unpaired) electrons. The Labute approximate surface area is 220 Å². The molecular formula is C35H27N3. The van der Waals surface area contributed by atoms with Gasteiger partial charge in [0, 0.05) is 16.2 Å². The highest BCUT2D eigenvalue weighted by Crippen LogP contribution is 2.42. The van der Waals surface area contributed by atoms with Gasteiger partial charge in [-0.2, -0.15) is 0 Å². The van der Waals surface area contributed by atoms with E-state index < -0.39 is 0 Å². The molecule has 0 saturated heterocycles. The smallest absolute Gasteiger partial charge is 0.116 e. The molecule has 0 aliphatic rings. The molecule has 0 atom stereocenters. The lowest BCUT2D eigenvalue weighted by atomic mass is 9.87. The lowest BCUT2D eigenvalue weighted by molar-refractivity contribution is 0.411. The van der Waals surface area contributed by atoms with Crippen molar-refractivity contribution < 1.29 is 0 Å². The second-order valence-corrected chi connectivity index (χ2v) is 11.8. The van der Waals surface area contributed by atoms with Crippen molar-refractivity contribution in [3.8, 4) is 11.1 Å². The molecule has 3 aromatic heterocycles. The topological polar surface area (TPSA) is 30.2 Å². The van der Waals surface area contributed by atoms with Gasteiger partial charge in [0.2, 0.25) is 0 Å². The molecule has 0 unspecified atom stereocenters. The molecular weight excluding hydrogens is 462 g/mol. The minimum Gasteiger partial charge on any atom is -0.308 e. The van der Waals surface area contributed by atoms with Crippen LogP contribution in [0.25, 0.3) is 71.0 Å². The average molecular weight is 490 g/mol. The molecule has 3 nitrogen and oxygen atoms in total. The standard InChI is InChI=1S/C35H27N3/c1-35(2,3)19-21-9-10-24-18-31-28(17-25(24)15-21)33-32-29(36-20-37-33)13-12-26-27-16-23(22-7-5-4-6-8-22)11-14-30(27)38(31)34(26)32/h4-18,20H,19H2,1-3H3. The van der Waals surface area contributed by atoms with Crippen LogP contribution in [0, 0.1) is 5.41 Å². The van der Waals surface area contributed by atoms with Gasteiger partial charge in [0.15, 0.2) is 0 Å². The summed E-state index contributed by atoms with van der Waals surface area (Å²) in [6.45, 7) is 6.89. The van der Waals surface area contributed by atoms with Crippen LogP contribution >= 0.6 is 0 Å². The zero-order chi connectivity index (χ0) is 25.6. The lowest BCUT2D eigenvalue weighted by Crippen LogP contribution is -2.08. The SMILES string of the molecule is CC(C)(C)Cc1ccc2cc3c(cc2c1)c1ncnc2ccc4c5cc(-c6ccccc6)ccc5n3c4c21. The molecule has 0 amide bonds. The number of hydrogen-bond acceptors (Lipinski definition) is 2. The van der Waals surface area contributed by atoms with E-state index in [-0.39, 0.29) is 5.41 Å². The number of pyridine rings is 1. The molecule has 0 spiro atoms. The first-order chi connectivity index (χ1) is 18.4. The molecule has 0 fully saturated rings. The fraction of sp³-hybridized carbons (Fsp3) is 0.143. The van der Waals surface area contributed by atoms with Crippen molar-refractivity contribution in [1.29, 1.82) is 0 Å². The average Bonchev–Trinajstić information content (AvgIpc) is 3.26. The summed E-state index contributed by atoms with van der Waals surface area (Å²) < 4.78 is 2.44. The first kappa shape index (κ1) is 21.6. The summed E-state index contributed by atoms with van der Waals surface area (Å²) in [6, 6.07) is 33.5. The summed E-state index contributed by atoms with van der Waals surface area (Å²) in [5.41, 5.74) is 9.69. The van der Waals surface area contributed by atoms with Crippen LogP contribution in [0.2, 0.25) is 0 Å². The largest absolute Gasteiger partial charge is 0.308 e. The maximum Gasteiger partial charge on any atom is 0.116 e. The quantitative estimate of drug-likeness (QED) is 0.179. The number of rotatable bonds is 2. The van der Waals surface area contributed by atoms with Gasteiger partial charge in [0.05, 0.1) is 33.0 Å². The van der Waals surface area contributed by atoms with Crippen LogP contribution in [0.3, 0.4) is 0 Å². The predicted octanol–water partition coefficient (Wildman–Crippen LogP) is 9.19. The number of hydrogen-bond donors (Lipinski definition) is 0. The highest BCUT2D eigenvalue weighted by atomic mass is 14.9. The van der Waals surface area contributed by atoms with E-state index in [0.29, 0.717) is 0 Å². The number of nitrogens with zero attached hydrogens (tertiary/aromatic N) is 3. The summed E-state index contributed by atoms with van der Waals surface area (Å²) in [4.78, 5) is 9.53. The molecule has 0 aliphatic carbocycles. The molecule has 8 aromatic rings. The van der Waals surface area contributed by atoms with Crippen LogP contribution in [-0.4, -0.2) is 14.4 Å². The van der Waals surface area contributed by atoms with Gasteiger partial charge in [-0.05, 0) is 75.7 Å². The van der Waals surface area contributed by atoms with Gasteiger partial charge in [0.1, 0.15) is 6.33 Å². The fourth-order valence-corrected chi connectivity index (χ4v) is 6.35. The summed E-state index contributed by atoms with van der Waals surface area (Å²) in [5, 5.41) is 7.32. The summed E-state index contributed by atoms with van der Waals surface area (Å²) in [7, 11) is 0. The number of fused-ring (bicyclic) bond motifs is 7. The summed E-state index contributed by atoms with van der Waals surface area (Å²) in [6.07, 6.45) is 2.76. The van der Waals surface area contributed by atoms with Crippen LogP contribution in [0.5, 0.6) is 0 Å². The van der Waals surface area contributed by atoms with Crippen LogP contribution in [0.15, 0.2) is 97.3 Å². The van der Waals surface area contributed by atoms with Crippen molar-refractivity contribution in [2.45, 2.75) is 27.2 Å². The highest BCUT2D eigenvalue weighted by molar-refractivity contribution is 6.28. The molecule has 38 heavy (non-hydrogen) atoms. The van der Waals surface area contributed by atoms with Gasteiger partial charge in [-0.1, -0.05) is 75.4 Å². The second-order valence-electron chi connectivity index (χ2n) is 11.8. The minimum absolute atomic E-state index is 0.244.